The molecule has 0 aromatic carbocycles. The Bertz CT molecular complexity index is 386. The van der Waals surface area contributed by atoms with E-state index in [0.717, 1.165) is 22.8 Å². The summed E-state index contributed by atoms with van der Waals surface area (Å²) in [5.41, 5.74) is 1.87. The number of nitrogens with one attached hydrogen (secondary N) is 1. The Labute approximate surface area is 87.1 Å². The lowest BCUT2D eigenvalue weighted by molar-refractivity contribution is -0.115. The molecule has 2 heterocycles. The predicted molar refractivity (Wildman–Crippen MR) is 56.5 cm³/mol. The summed E-state index contributed by atoms with van der Waals surface area (Å²) in [7, 11) is 1.91. The first kappa shape index (κ1) is 9.58. The summed E-state index contributed by atoms with van der Waals surface area (Å²) in [6.07, 6.45) is 0.846. The van der Waals surface area contributed by atoms with E-state index in [-0.39, 0.29) is 11.2 Å². The number of hydrogen-bond donors (Lipinski definition) is 1. The zero-order valence-corrected chi connectivity index (χ0v) is 9.31. The van der Waals surface area contributed by atoms with Crippen molar-refractivity contribution < 1.29 is 4.79 Å². The fourth-order valence-electron chi connectivity index (χ4n) is 1.52. The molecule has 1 aliphatic rings. The second-order valence-electron chi connectivity index (χ2n) is 3.35. The van der Waals surface area contributed by atoms with Gasteiger partial charge in [-0.2, -0.15) is 5.10 Å². The molecule has 1 unspecified atom stereocenters. The van der Waals surface area contributed by atoms with Gasteiger partial charge in [-0.15, -0.1) is 0 Å². The Hall–Kier alpha value is -0.970. The summed E-state index contributed by atoms with van der Waals surface area (Å²) >= 11 is 1.57. The van der Waals surface area contributed by atoms with Crippen LogP contribution in [0.3, 0.4) is 0 Å². The molecule has 14 heavy (non-hydrogen) atoms. The number of anilines is 1. The third kappa shape index (κ3) is 1.32. The Kier molecular flexibility index (Phi) is 2.26. The second-order valence-corrected chi connectivity index (χ2v) is 4.68. The standard InChI is InChI=1S/C9H13N3OS/c1-4-6-7-9(12(3)11-6)14-5(2)8(13)10-7/h5H,4H2,1-3H3,(H,10,13). The molecule has 1 aromatic heterocycles. The van der Waals surface area contributed by atoms with E-state index in [9.17, 15) is 4.79 Å². The Balaban J connectivity index is 2.48. The van der Waals surface area contributed by atoms with Crippen molar-refractivity contribution in [2.24, 2.45) is 7.05 Å². The van der Waals surface area contributed by atoms with E-state index in [1.165, 1.54) is 0 Å². The highest BCUT2D eigenvalue weighted by Gasteiger charge is 2.28. The molecule has 1 aromatic rings. The van der Waals surface area contributed by atoms with Crippen LogP contribution in [0.25, 0.3) is 0 Å². The van der Waals surface area contributed by atoms with Gasteiger partial charge < -0.3 is 5.32 Å². The highest BCUT2D eigenvalue weighted by molar-refractivity contribution is 8.00. The summed E-state index contributed by atoms with van der Waals surface area (Å²) in [5, 5.41) is 8.31. The molecule has 0 saturated heterocycles. The molecule has 1 aliphatic heterocycles. The zero-order valence-electron chi connectivity index (χ0n) is 8.50. The maximum absolute atomic E-state index is 11.5. The van der Waals surface area contributed by atoms with Crippen LogP contribution in [-0.4, -0.2) is 20.9 Å². The minimum atomic E-state index is -0.0254. The number of rotatable bonds is 1. The van der Waals surface area contributed by atoms with E-state index in [2.05, 4.69) is 10.4 Å². The van der Waals surface area contributed by atoms with Crippen LogP contribution in [0.4, 0.5) is 5.69 Å². The lowest BCUT2D eigenvalue weighted by Crippen LogP contribution is -2.26. The topological polar surface area (TPSA) is 46.9 Å². The van der Waals surface area contributed by atoms with Crippen molar-refractivity contribution in [1.29, 1.82) is 0 Å². The number of nitrogens with zero attached hydrogens (tertiary/aromatic N) is 2. The van der Waals surface area contributed by atoms with Crippen LogP contribution in [0, 0.1) is 0 Å². The first-order valence-electron chi connectivity index (χ1n) is 4.67. The lowest BCUT2D eigenvalue weighted by atomic mass is 10.3. The van der Waals surface area contributed by atoms with Crippen molar-refractivity contribution in [2.75, 3.05) is 5.32 Å². The molecule has 4 nitrogen and oxygen atoms in total. The van der Waals surface area contributed by atoms with E-state index in [0.29, 0.717) is 0 Å². The Morgan fingerprint density at radius 1 is 1.64 bits per heavy atom. The number of carbonyl (C=O) groups is 1. The van der Waals surface area contributed by atoms with Crippen molar-refractivity contribution in [3.8, 4) is 0 Å². The molecule has 2 rings (SSSR count). The SMILES string of the molecule is CCc1nn(C)c2c1NC(=O)C(C)S2. The predicted octanol–water partition coefficient (Wildman–Crippen LogP) is 1.42. The molecule has 0 spiro atoms. The normalized spacial score (nSPS) is 20.5. The van der Waals surface area contributed by atoms with Crippen LogP contribution in [0.1, 0.15) is 19.5 Å². The van der Waals surface area contributed by atoms with E-state index in [4.69, 9.17) is 0 Å². The average molecular weight is 211 g/mol. The molecular weight excluding hydrogens is 198 g/mol. The van der Waals surface area contributed by atoms with Gasteiger partial charge in [-0.3, -0.25) is 9.48 Å². The molecular formula is C9H13N3OS. The zero-order chi connectivity index (χ0) is 10.3. The average Bonchev–Trinajstić information content (AvgIpc) is 2.45. The molecule has 5 heteroatoms. The number of fused-ring (bicyclic) bond motifs is 1. The van der Waals surface area contributed by atoms with E-state index < -0.39 is 0 Å². The molecule has 0 fully saturated rings. The molecule has 1 N–H and O–H groups in total. The second kappa shape index (κ2) is 3.31. The monoisotopic (exact) mass is 211 g/mol. The van der Waals surface area contributed by atoms with E-state index >= 15 is 0 Å². The molecule has 0 aliphatic carbocycles. The van der Waals surface area contributed by atoms with Gasteiger partial charge in [0, 0.05) is 7.05 Å². The molecule has 0 saturated carbocycles. The largest absolute Gasteiger partial charge is 0.321 e. The smallest absolute Gasteiger partial charge is 0.237 e. The third-order valence-corrected chi connectivity index (χ3v) is 3.57. The first-order valence-corrected chi connectivity index (χ1v) is 5.54. The van der Waals surface area contributed by atoms with Crippen LogP contribution < -0.4 is 5.32 Å². The number of hydrogen-bond acceptors (Lipinski definition) is 3. The summed E-state index contributed by atoms with van der Waals surface area (Å²) in [6, 6.07) is 0. The summed E-state index contributed by atoms with van der Waals surface area (Å²) < 4.78 is 1.84. The molecule has 0 radical (unpaired) electrons. The number of carbonyl (C=O) groups excluding carboxylic acids is 1. The van der Waals surface area contributed by atoms with Gasteiger partial charge in [-0.1, -0.05) is 18.7 Å². The number of aromatic nitrogens is 2. The van der Waals surface area contributed by atoms with Gasteiger partial charge in [0.05, 0.1) is 16.6 Å². The maximum Gasteiger partial charge on any atom is 0.237 e. The van der Waals surface area contributed by atoms with Crippen LogP contribution in [-0.2, 0) is 18.3 Å². The molecule has 1 atom stereocenters. The van der Waals surface area contributed by atoms with Gasteiger partial charge in [0.15, 0.2) is 0 Å². The van der Waals surface area contributed by atoms with Crippen molar-refractivity contribution in [3.63, 3.8) is 0 Å². The minimum Gasteiger partial charge on any atom is -0.321 e. The van der Waals surface area contributed by atoms with Crippen molar-refractivity contribution in [3.05, 3.63) is 5.69 Å². The number of thioether (sulfide) groups is 1. The summed E-state index contributed by atoms with van der Waals surface area (Å²) in [4.78, 5) is 11.5. The molecule has 76 valence electrons. The van der Waals surface area contributed by atoms with Gasteiger partial charge in [0.1, 0.15) is 5.03 Å². The fourth-order valence-corrected chi connectivity index (χ4v) is 2.50. The Morgan fingerprint density at radius 3 is 3.00 bits per heavy atom. The van der Waals surface area contributed by atoms with E-state index in [1.807, 2.05) is 25.6 Å². The minimum absolute atomic E-state index is 0.0254. The fraction of sp³-hybridized carbons (Fsp3) is 0.556. The molecule has 0 bridgehead atoms. The van der Waals surface area contributed by atoms with Gasteiger partial charge >= 0.3 is 0 Å². The van der Waals surface area contributed by atoms with Crippen LogP contribution >= 0.6 is 11.8 Å². The highest BCUT2D eigenvalue weighted by atomic mass is 32.2. The van der Waals surface area contributed by atoms with Gasteiger partial charge in [-0.25, -0.2) is 0 Å². The third-order valence-electron chi connectivity index (χ3n) is 2.31. The van der Waals surface area contributed by atoms with Crippen LogP contribution in [0.5, 0.6) is 0 Å². The van der Waals surface area contributed by atoms with Gasteiger partial charge in [0.2, 0.25) is 5.91 Å². The maximum atomic E-state index is 11.5. The van der Waals surface area contributed by atoms with Crippen LogP contribution in [0.15, 0.2) is 5.03 Å². The van der Waals surface area contributed by atoms with Crippen molar-refractivity contribution >= 4 is 23.4 Å². The number of aryl methyl sites for hydroxylation is 2. The first-order chi connectivity index (χ1) is 6.63. The summed E-state index contributed by atoms with van der Waals surface area (Å²) in [5.74, 6) is 0.0743. The van der Waals surface area contributed by atoms with E-state index in [1.54, 1.807) is 11.8 Å². The quantitative estimate of drug-likeness (QED) is 0.764. The lowest BCUT2D eigenvalue weighted by Gasteiger charge is -2.18. The highest BCUT2D eigenvalue weighted by Crippen LogP contribution is 2.37. The van der Waals surface area contributed by atoms with Gasteiger partial charge in [0.25, 0.3) is 0 Å². The number of amides is 1. The van der Waals surface area contributed by atoms with Gasteiger partial charge in [-0.05, 0) is 13.3 Å². The van der Waals surface area contributed by atoms with Crippen LogP contribution in [0.2, 0.25) is 0 Å². The van der Waals surface area contributed by atoms with Crippen molar-refractivity contribution in [2.45, 2.75) is 30.5 Å². The molecule has 1 amide bonds. The van der Waals surface area contributed by atoms with Crippen molar-refractivity contribution in [1.82, 2.24) is 9.78 Å². The summed E-state index contributed by atoms with van der Waals surface area (Å²) in [6.45, 7) is 3.94. The Morgan fingerprint density at radius 2 is 2.36 bits per heavy atom.